The first kappa shape index (κ1) is 71.6. The number of hydrogen-bond donors (Lipinski definition) is 6. The zero-order valence-electron chi connectivity index (χ0n) is 49.3. The highest BCUT2D eigenvalue weighted by Crippen LogP contribution is 2.23. The van der Waals surface area contributed by atoms with Gasteiger partial charge in [0.25, 0.3) is 0 Å². The number of aliphatic hydroxyl groups excluding tert-OH is 5. The summed E-state index contributed by atoms with van der Waals surface area (Å²) in [5.41, 5.74) is 0. The van der Waals surface area contributed by atoms with E-state index in [4.69, 9.17) is 9.47 Å². The minimum Gasteiger partial charge on any atom is -0.394 e. The van der Waals surface area contributed by atoms with Gasteiger partial charge in [-0.25, -0.2) is 0 Å². The number of allylic oxidation sites excluding steroid dienone is 11. The Morgan fingerprint density at radius 3 is 1.21 bits per heavy atom. The van der Waals surface area contributed by atoms with E-state index in [2.05, 4.69) is 79.9 Å². The quantitative estimate of drug-likeness (QED) is 0.0261. The predicted octanol–water partition coefficient (Wildman–Crippen LogP) is 16.8. The van der Waals surface area contributed by atoms with Crippen LogP contribution in [0.1, 0.15) is 290 Å². The van der Waals surface area contributed by atoms with Gasteiger partial charge in [0, 0.05) is 6.42 Å². The van der Waals surface area contributed by atoms with Crippen LogP contribution in [0, 0.1) is 0 Å². The fraction of sp³-hybridized carbons (Fsp3) is 0.806. The fourth-order valence-corrected chi connectivity index (χ4v) is 10.0. The molecule has 7 unspecified atom stereocenters. The van der Waals surface area contributed by atoms with Gasteiger partial charge in [0.2, 0.25) is 5.91 Å². The third kappa shape index (κ3) is 44.5. The Morgan fingerprint density at radius 2 is 0.816 bits per heavy atom. The summed E-state index contributed by atoms with van der Waals surface area (Å²) in [5.74, 6) is -0.175. The van der Waals surface area contributed by atoms with Crippen LogP contribution in [0.15, 0.2) is 72.9 Å². The Hall–Kier alpha value is -2.37. The average molecular weight is 1070 g/mol. The van der Waals surface area contributed by atoms with Gasteiger partial charge in [-0.3, -0.25) is 4.79 Å². The lowest BCUT2D eigenvalue weighted by molar-refractivity contribution is -0.302. The molecule has 1 heterocycles. The zero-order chi connectivity index (χ0) is 55.0. The summed E-state index contributed by atoms with van der Waals surface area (Å²) in [7, 11) is 0. The predicted molar refractivity (Wildman–Crippen MR) is 322 cm³/mol. The summed E-state index contributed by atoms with van der Waals surface area (Å²) >= 11 is 0. The van der Waals surface area contributed by atoms with Crippen molar-refractivity contribution in [1.29, 1.82) is 0 Å². The van der Waals surface area contributed by atoms with Crippen LogP contribution in [0.25, 0.3) is 0 Å². The van der Waals surface area contributed by atoms with Gasteiger partial charge in [0.05, 0.1) is 25.4 Å². The Bertz CT molecular complexity index is 1420. The second-order valence-electron chi connectivity index (χ2n) is 22.2. The van der Waals surface area contributed by atoms with E-state index in [1.54, 1.807) is 6.08 Å². The van der Waals surface area contributed by atoms with E-state index in [0.717, 1.165) is 70.6 Å². The Morgan fingerprint density at radius 1 is 0.461 bits per heavy atom. The first-order valence-electron chi connectivity index (χ1n) is 32.2. The molecular formula is C67H121NO8. The largest absolute Gasteiger partial charge is 0.394 e. The molecule has 1 aliphatic rings. The van der Waals surface area contributed by atoms with E-state index in [1.807, 2.05) is 6.08 Å². The molecule has 0 bridgehead atoms. The number of carbonyl (C=O) groups is 1. The topological polar surface area (TPSA) is 149 Å². The third-order valence-electron chi connectivity index (χ3n) is 15.0. The number of amides is 1. The van der Waals surface area contributed by atoms with Crippen molar-refractivity contribution in [2.24, 2.45) is 0 Å². The van der Waals surface area contributed by atoms with Gasteiger partial charge < -0.3 is 40.3 Å². The summed E-state index contributed by atoms with van der Waals surface area (Å²) in [6.07, 6.45) is 71.2. The van der Waals surface area contributed by atoms with Crippen LogP contribution in [-0.2, 0) is 14.3 Å². The second kappa shape index (κ2) is 55.9. The van der Waals surface area contributed by atoms with Crippen molar-refractivity contribution < 1.29 is 39.8 Å². The van der Waals surface area contributed by atoms with Gasteiger partial charge in [-0.1, -0.05) is 292 Å². The Balaban J connectivity index is 2.14. The zero-order valence-corrected chi connectivity index (χ0v) is 49.3. The van der Waals surface area contributed by atoms with Crippen molar-refractivity contribution in [2.45, 2.75) is 333 Å². The van der Waals surface area contributed by atoms with E-state index >= 15 is 0 Å². The molecule has 1 saturated heterocycles. The van der Waals surface area contributed by atoms with Gasteiger partial charge in [-0.2, -0.15) is 0 Å². The summed E-state index contributed by atoms with van der Waals surface area (Å²) in [5, 5.41) is 54.6. The normalized spacial score (nSPS) is 19.3. The van der Waals surface area contributed by atoms with Gasteiger partial charge in [0.15, 0.2) is 6.29 Å². The lowest BCUT2D eigenvalue weighted by atomic mass is 9.99. The molecule has 0 aromatic carbocycles. The highest BCUT2D eigenvalue weighted by molar-refractivity contribution is 5.76. The Labute approximate surface area is 468 Å². The fourth-order valence-electron chi connectivity index (χ4n) is 10.0. The second-order valence-corrected chi connectivity index (χ2v) is 22.2. The number of carbonyl (C=O) groups excluding carboxylic acids is 1. The van der Waals surface area contributed by atoms with Crippen molar-refractivity contribution in [3.05, 3.63) is 72.9 Å². The van der Waals surface area contributed by atoms with E-state index in [9.17, 15) is 30.3 Å². The molecule has 9 heteroatoms. The third-order valence-corrected chi connectivity index (χ3v) is 15.0. The maximum absolute atomic E-state index is 13.1. The van der Waals surface area contributed by atoms with Crippen molar-refractivity contribution in [1.82, 2.24) is 5.32 Å². The standard InChI is InChI=1S/C67H121NO8/c1-3-5-7-9-11-13-15-17-19-21-23-25-26-27-28-29-30-31-32-33-34-35-36-37-39-41-43-45-47-49-51-53-55-57-63(71)68-60(59-75-67-66(74)65(73)64(72)62(58-69)76-67)61(70)56-54-52-50-48-46-44-42-40-38-24-22-20-18-16-14-12-10-8-6-4-2/h5,7,11,13,17,19,23,25,27-28,54,56,60-62,64-67,69-70,72-74H,3-4,6,8-10,12,14-16,18,20-22,24,26,29-53,55,57-59H2,1-2H3,(H,68,71)/b7-5-,13-11-,19-17-,25-23-,28-27-,56-54+. The molecule has 0 spiro atoms. The van der Waals surface area contributed by atoms with Crippen LogP contribution in [0.4, 0.5) is 0 Å². The van der Waals surface area contributed by atoms with Crippen LogP contribution in [-0.4, -0.2) is 87.5 Å². The molecule has 9 nitrogen and oxygen atoms in total. The molecule has 1 fully saturated rings. The van der Waals surface area contributed by atoms with E-state index in [1.165, 1.54) is 199 Å². The number of aliphatic hydroxyl groups is 5. The Kier molecular flexibility index (Phi) is 52.7. The highest BCUT2D eigenvalue weighted by atomic mass is 16.7. The summed E-state index contributed by atoms with van der Waals surface area (Å²) in [6, 6.07) is -0.807. The first-order chi connectivity index (χ1) is 37.3. The number of hydrogen-bond acceptors (Lipinski definition) is 8. The van der Waals surface area contributed by atoms with E-state index < -0.39 is 49.5 Å². The van der Waals surface area contributed by atoms with Crippen molar-refractivity contribution in [3.8, 4) is 0 Å². The van der Waals surface area contributed by atoms with Crippen molar-refractivity contribution in [2.75, 3.05) is 13.2 Å². The van der Waals surface area contributed by atoms with Gasteiger partial charge >= 0.3 is 0 Å². The van der Waals surface area contributed by atoms with Gasteiger partial charge in [-0.05, 0) is 64.2 Å². The van der Waals surface area contributed by atoms with Crippen LogP contribution < -0.4 is 5.32 Å². The molecule has 0 aliphatic carbocycles. The van der Waals surface area contributed by atoms with E-state index in [0.29, 0.717) is 6.42 Å². The molecule has 0 aromatic rings. The van der Waals surface area contributed by atoms with Gasteiger partial charge in [0.1, 0.15) is 24.4 Å². The van der Waals surface area contributed by atoms with Crippen molar-refractivity contribution in [3.63, 3.8) is 0 Å². The molecule has 7 atom stereocenters. The molecular weight excluding hydrogens is 947 g/mol. The molecule has 0 aromatic heterocycles. The maximum atomic E-state index is 13.1. The molecule has 442 valence electrons. The molecule has 0 saturated carbocycles. The highest BCUT2D eigenvalue weighted by Gasteiger charge is 2.44. The minimum absolute atomic E-state index is 0.175. The smallest absolute Gasteiger partial charge is 0.220 e. The summed E-state index contributed by atoms with van der Waals surface area (Å²) in [4.78, 5) is 13.1. The number of unbranched alkanes of at least 4 members (excludes halogenated alkanes) is 35. The van der Waals surface area contributed by atoms with E-state index in [-0.39, 0.29) is 12.5 Å². The lowest BCUT2D eigenvalue weighted by Crippen LogP contribution is -2.60. The SMILES string of the molecule is CC/C=C\C/C=C\C/C=C\C/C=C\C/C=C\CCCCCCCCCCCCCCCCCCCC(=O)NC(COC1OC(CO)C(O)C(O)C1O)C(O)/C=C/CCCCCCCCCCCCCCCCCCCC. The summed E-state index contributed by atoms with van der Waals surface area (Å²) in [6.45, 7) is 3.69. The molecule has 1 amide bonds. The van der Waals surface area contributed by atoms with Gasteiger partial charge in [-0.15, -0.1) is 0 Å². The van der Waals surface area contributed by atoms with Crippen LogP contribution in [0.5, 0.6) is 0 Å². The number of nitrogens with one attached hydrogen (secondary N) is 1. The summed E-state index contributed by atoms with van der Waals surface area (Å²) < 4.78 is 11.3. The van der Waals surface area contributed by atoms with Crippen LogP contribution in [0.2, 0.25) is 0 Å². The minimum atomic E-state index is -1.57. The molecule has 6 N–H and O–H groups in total. The monoisotopic (exact) mass is 1070 g/mol. The average Bonchev–Trinajstić information content (AvgIpc) is 3.42. The maximum Gasteiger partial charge on any atom is 0.220 e. The molecule has 0 radical (unpaired) electrons. The van der Waals surface area contributed by atoms with Crippen molar-refractivity contribution >= 4 is 5.91 Å². The molecule has 1 aliphatic heterocycles. The lowest BCUT2D eigenvalue weighted by Gasteiger charge is -2.40. The number of ether oxygens (including phenoxy) is 2. The molecule has 76 heavy (non-hydrogen) atoms. The van der Waals surface area contributed by atoms with Crippen LogP contribution >= 0.6 is 0 Å². The number of rotatable bonds is 55. The van der Waals surface area contributed by atoms with Crippen LogP contribution in [0.3, 0.4) is 0 Å². The molecule has 1 rings (SSSR count). The first-order valence-corrected chi connectivity index (χ1v) is 32.2.